The lowest BCUT2D eigenvalue weighted by Crippen LogP contribution is -2.54. The summed E-state index contributed by atoms with van der Waals surface area (Å²) >= 11 is 6.47. The van der Waals surface area contributed by atoms with Crippen LogP contribution in [0.2, 0.25) is 5.02 Å². The van der Waals surface area contributed by atoms with E-state index in [0.29, 0.717) is 23.1 Å². The molecule has 7 nitrogen and oxygen atoms in total. The van der Waals surface area contributed by atoms with Crippen LogP contribution in [0.3, 0.4) is 0 Å². The number of anilines is 2. The number of aromatic nitrogens is 2. The summed E-state index contributed by atoms with van der Waals surface area (Å²) in [6.07, 6.45) is 1.52. The average Bonchev–Trinajstić information content (AvgIpc) is 3.37. The number of furan rings is 1. The van der Waals surface area contributed by atoms with E-state index in [1.165, 1.54) is 18.5 Å². The molecule has 0 unspecified atom stereocenters. The second-order valence-electron chi connectivity index (χ2n) is 8.44. The zero-order valence-electron chi connectivity index (χ0n) is 20.0. The van der Waals surface area contributed by atoms with Crippen LogP contribution in [0.25, 0.3) is 22.2 Å². The third kappa shape index (κ3) is 6.06. The average molecular weight is 519 g/mol. The molecule has 0 saturated heterocycles. The van der Waals surface area contributed by atoms with Crippen LogP contribution in [0.5, 0.6) is 5.75 Å². The number of quaternary nitrogens is 1. The monoisotopic (exact) mass is 518 g/mol. The molecule has 5 rings (SSSR count). The summed E-state index contributed by atoms with van der Waals surface area (Å²) in [5.41, 5.74) is 7.02. The van der Waals surface area contributed by atoms with Gasteiger partial charge in [0.2, 0.25) is 0 Å². The Morgan fingerprint density at radius 3 is 2.76 bits per heavy atom. The van der Waals surface area contributed by atoms with Crippen molar-refractivity contribution in [1.29, 1.82) is 0 Å². The van der Waals surface area contributed by atoms with E-state index < -0.39 is 0 Å². The van der Waals surface area contributed by atoms with Crippen LogP contribution in [0.15, 0.2) is 83.5 Å². The first-order valence-corrected chi connectivity index (χ1v) is 12.2. The summed E-state index contributed by atoms with van der Waals surface area (Å²) in [4.78, 5) is 8.84. The van der Waals surface area contributed by atoms with Gasteiger partial charge in [0.25, 0.3) is 0 Å². The predicted molar refractivity (Wildman–Crippen MR) is 142 cm³/mol. The predicted octanol–water partition coefficient (Wildman–Crippen LogP) is 5.34. The van der Waals surface area contributed by atoms with Crippen molar-refractivity contribution in [2.75, 3.05) is 18.4 Å². The van der Waals surface area contributed by atoms with E-state index >= 15 is 0 Å². The number of ether oxygens (including phenoxy) is 1. The minimum absolute atomic E-state index is 0.212. The Morgan fingerprint density at radius 2 is 1.92 bits per heavy atom. The SMILES string of the molecule is [NH3+]CCNCc1ccc(-c2ccc3ncnc(Nc4ccc(OCc5cccc(F)c5)c(Cl)c4)c3c2)o1. The molecule has 5 aromatic rings. The minimum atomic E-state index is -0.304. The highest BCUT2D eigenvalue weighted by Crippen LogP contribution is 2.32. The van der Waals surface area contributed by atoms with Crippen molar-refractivity contribution in [3.8, 4) is 17.1 Å². The molecule has 0 aliphatic carbocycles. The van der Waals surface area contributed by atoms with Gasteiger partial charge in [0.1, 0.15) is 41.8 Å². The molecule has 0 aliphatic rings. The molecular weight excluding hydrogens is 493 g/mol. The van der Waals surface area contributed by atoms with Gasteiger partial charge in [-0.15, -0.1) is 0 Å². The van der Waals surface area contributed by atoms with E-state index in [4.69, 9.17) is 20.8 Å². The largest absolute Gasteiger partial charge is 0.487 e. The van der Waals surface area contributed by atoms with Crippen LogP contribution in [-0.2, 0) is 13.2 Å². The molecule has 0 amide bonds. The first kappa shape index (κ1) is 24.7. The molecule has 2 heterocycles. The third-order valence-corrected chi connectivity index (χ3v) is 6.01. The van der Waals surface area contributed by atoms with Gasteiger partial charge in [-0.05, 0) is 66.2 Å². The number of fused-ring (bicyclic) bond motifs is 1. The molecule has 0 bridgehead atoms. The second kappa shape index (κ2) is 11.4. The number of rotatable bonds is 10. The maximum absolute atomic E-state index is 13.4. The highest BCUT2D eigenvalue weighted by Gasteiger charge is 2.11. The lowest BCUT2D eigenvalue weighted by molar-refractivity contribution is -0.365. The molecule has 0 atom stereocenters. The van der Waals surface area contributed by atoms with Gasteiger partial charge in [-0.3, -0.25) is 0 Å². The van der Waals surface area contributed by atoms with Gasteiger partial charge < -0.3 is 25.5 Å². The highest BCUT2D eigenvalue weighted by atomic mass is 35.5. The van der Waals surface area contributed by atoms with Crippen molar-refractivity contribution in [2.24, 2.45) is 0 Å². The molecule has 3 aromatic carbocycles. The summed E-state index contributed by atoms with van der Waals surface area (Å²) in [6, 6.07) is 21.5. The topological polar surface area (TPSA) is 99.9 Å². The summed E-state index contributed by atoms with van der Waals surface area (Å²) in [7, 11) is 0. The third-order valence-electron chi connectivity index (χ3n) is 5.71. The van der Waals surface area contributed by atoms with Crippen molar-refractivity contribution in [3.05, 3.63) is 101 Å². The van der Waals surface area contributed by atoms with Crippen LogP contribution in [0, 0.1) is 5.82 Å². The van der Waals surface area contributed by atoms with Gasteiger partial charge in [-0.2, -0.15) is 0 Å². The number of halogens is 2. The first-order valence-electron chi connectivity index (χ1n) is 11.9. The van der Waals surface area contributed by atoms with E-state index in [0.717, 1.165) is 52.3 Å². The van der Waals surface area contributed by atoms with Crippen molar-refractivity contribution in [2.45, 2.75) is 13.2 Å². The maximum atomic E-state index is 13.4. The molecule has 188 valence electrons. The molecule has 0 fully saturated rings. The summed E-state index contributed by atoms with van der Waals surface area (Å²) < 4.78 is 25.2. The van der Waals surface area contributed by atoms with Crippen molar-refractivity contribution >= 4 is 34.0 Å². The number of hydrogen-bond acceptors (Lipinski definition) is 6. The van der Waals surface area contributed by atoms with Gasteiger partial charge in [0.15, 0.2) is 0 Å². The Kier molecular flexibility index (Phi) is 7.60. The Hall–Kier alpha value is -3.98. The van der Waals surface area contributed by atoms with Crippen LogP contribution >= 0.6 is 11.6 Å². The minimum Gasteiger partial charge on any atom is -0.487 e. The highest BCUT2D eigenvalue weighted by molar-refractivity contribution is 6.32. The Bertz CT molecular complexity index is 1520. The van der Waals surface area contributed by atoms with Crippen LogP contribution in [0.1, 0.15) is 11.3 Å². The zero-order chi connectivity index (χ0) is 25.6. The standard InChI is InChI=1S/C28H25ClFN5O2/c29-24-14-21(5-8-27(24)36-16-18-2-1-3-20(30)12-18)35-28-23-13-19(4-7-25(23)33-17-34-28)26-9-6-22(37-26)15-32-11-10-31/h1-9,12-14,17,32H,10-11,15-16,31H2,(H,33,34,35)/p+1. The molecule has 2 aromatic heterocycles. The molecule has 0 aliphatic heterocycles. The van der Waals surface area contributed by atoms with Crippen LogP contribution in [0.4, 0.5) is 15.9 Å². The molecule has 5 N–H and O–H groups in total. The quantitative estimate of drug-likeness (QED) is 0.216. The van der Waals surface area contributed by atoms with Gasteiger partial charge in [0.05, 0.1) is 23.6 Å². The molecule has 0 spiro atoms. The van der Waals surface area contributed by atoms with E-state index in [2.05, 4.69) is 26.3 Å². The van der Waals surface area contributed by atoms with Crippen LogP contribution in [-0.4, -0.2) is 23.1 Å². The van der Waals surface area contributed by atoms with Crippen molar-refractivity contribution < 1.29 is 19.3 Å². The Labute approximate surface area is 218 Å². The normalized spacial score (nSPS) is 11.1. The fourth-order valence-corrected chi connectivity index (χ4v) is 4.13. The molecule has 0 radical (unpaired) electrons. The van der Waals surface area contributed by atoms with E-state index in [1.54, 1.807) is 24.3 Å². The number of hydrogen-bond donors (Lipinski definition) is 3. The van der Waals surface area contributed by atoms with E-state index in [-0.39, 0.29) is 12.4 Å². The van der Waals surface area contributed by atoms with Gasteiger partial charge >= 0.3 is 0 Å². The maximum Gasteiger partial charge on any atom is 0.141 e. The second-order valence-corrected chi connectivity index (χ2v) is 8.85. The fourth-order valence-electron chi connectivity index (χ4n) is 3.89. The summed E-state index contributed by atoms with van der Waals surface area (Å²) in [6.45, 7) is 2.53. The Balaban J connectivity index is 1.33. The molecule has 37 heavy (non-hydrogen) atoms. The van der Waals surface area contributed by atoms with Crippen molar-refractivity contribution in [3.63, 3.8) is 0 Å². The number of nitrogens with one attached hydrogen (secondary N) is 2. The first-order chi connectivity index (χ1) is 18.1. The van der Waals surface area contributed by atoms with Gasteiger partial charge in [-0.25, -0.2) is 14.4 Å². The zero-order valence-corrected chi connectivity index (χ0v) is 20.8. The summed E-state index contributed by atoms with van der Waals surface area (Å²) in [5, 5.41) is 7.89. The molecule has 9 heteroatoms. The van der Waals surface area contributed by atoms with E-state index in [1.807, 2.05) is 36.4 Å². The van der Waals surface area contributed by atoms with Crippen LogP contribution < -0.4 is 21.1 Å². The number of nitrogens with zero attached hydrogens (tertiary/aromatic N) is 2. The van der Waals surface area contributed by atoms with E-state index in [9.17, 15) is 4.39 Å². The fraction of sp³-hybridized carbons (Fsp3) is 0.143. The van der Waals surface area contributed by atoms with Gasteiger partial charge in [0, 0.05) is 23.2 Å². The smallest absolute Gasteiger partial charge is 0.141 e. The number of benzene rings is 3. The van der Waals surface area contributed by atoms with Gasteiger partial charge in [-0.1, -0.05) is 23.7 Å². The van der Waals surface area contributed by atoms with Crippen molar-refractivity contribution in [1.82, 2.24) is 15.3 Å². The lowest BCUT2D eigenvalue weighted by Gasteiger charge is -2.12. The summed E-state index contributed by atoms with van der Waals surface area (Å²) in [5.74, 6) is 2.47. The lowest BCUT2D eigenvalue weighted by atomic mass is 10.1. The Morgan fingerprint density at radius 1 is 1.00 bits per heavy atom. The molecular formula is C28H26ClFN5O2+. The molecule has 0 saturated carbocycles.